The third-order valence-electron chi connectivity index (χ3n) is 6.36. The summed E-state index contributed by atoms with van der Waals surface area (Å²) in [4.78, 5) is 31.4. The van der Waals surface area contributed by atoms with Crippen LogP contribution in [0.25, 0.3) is 0 Å². The highest BCUT2D eigenvalue weighted by Crippen LogP contribution is 2.62. The topological polar surface area (TPSA) is 80.8 Å². The van der Waals surface area contributed by atoms with Gasteiger partial charge in [0.2, 0.25) is 0 Å². The average Bonchev–Trinajstić information content (AvgIpc) is 3.44. The number of nitrogens with one attached hydrogen (secondary N) is 1. The van der Waals surface area contributed by atoms with Gasteiger partial charge in [0.15, 0.2) is 0 Å². The van der Waals surface area contributed by atoms with Crippen LogP contribution in [0.15, 0.2) is 54.7 Å². The van der Waals surface area contributed by atoms with Crippen molar-refractivity contribution in [2.75, 3.05) is 19.6 Å². The summed E-state index contributed by atoms with van der Waals surface area (Å²) >= 11 is 0. The molecule has 1 aliphatic heterocycles. The minimum Gasteiger partial charge on any atom is -0.445 e. The average molecular weight is 438 g/mol. The molecule has 1 aliphatic carbocycles. The van der Waals surface area contributed by atoms with Crippen molar-refractivity contribution in [2.45, 2.75) is 44.8 Å². The number of carbonyl (C=O) groups is 2. The maximum Gasteiger partial charge on any atom is 0.410 e. The van der Waals surface area contributed by atoms with E-state index < -0.39 is 11.7 Å². The molecular formula is C25H31N3O4. The number of piperidine rings is 1. The summed E-state index contributed by atoms with van der Waals surface area (Å²) in [5, 5.41) is 2.96. The van der Waals surface area contributed by atoms with Crippen LogP contribution >= 0.6 is 0 Å². The highest BCUT2D eigenvalue weighted by molar-refractivity contribution is 5.69. The van der Waals surface area contributed by atoms with Crippen molar-refractivity contribution in [1.29, 1.82) is 0 Å². The Kier molecular flexibility index (Phi) is 6.09. The molecule has 1 N–H and O–H groups in total. The molecular weight excluding hydrogens is 406 g/mol. The van der Waals surface area contributed by atoms with E-state index in [1.165, 1.54) is 0 Å². The Hall–Kier alpha value is -3.09. The molecule has 2 fully saturated rings. The molecule has 7 nitrogen and oxygen atoms in total. The van der Waals surface area contributed by atoms with Gasteiger partial charge in [-0.05, 0) is 56.7 Å². The number of pyridine rings is 1. The van der Waals surface area contributed by atoms with Crippen LogP contribution in [0.2, 0.25) is 0 Å². The van der Waals surface area contributed by atoms with Crippen molar-refractivity contribution in [3.05, 3.63) is 66.0 Å². The van der Waals surface area contributed by atoms with Gasteiger partial charge in [-0.1, -0.05) is 36.4 Å². The van der Waals surface area contributed by atoms with E-state index in [-0.39, 0.29) is 24.0 Å². The molecule has 1 aromatic heterocycles. The van der Waals surface area contributed by atoms with E-state index in [1.807, 2.05) is 69.3 Å². The zero-order valence-electron chi connectivity index (χ0n) is 18.9. The molecule has 0 bridgehead atoms. The summed E-state index contributed by atoms with van der Waals surface area (Å²) in [7, 11) is 0. The number of rotatable bonds is 5. The highest BCUT2D eigenvalue weighted by Gasteiger charge is 2.67. The third-order valence-corrected chi connectivity index (χ3v) is 6.36. The van der Waals surface area contributed by atoms with Crippen LogP contribution in [-0.2, 0) is 21.5 Å². The van der Waals surface area contributed by atoms with E-state index in [0.29, 0.717) is 25.6 Å². The number of ether oxygens (including phenoxy) is 2. The maximum absolute atomic E-state index is 12.6. The van der Waals surface area contributed by atoms with Gasteiger partial charge in [-0.3, -0.25) is 4.98 Å². The molecule has 1 saturated carbocycles. The molecule has 3 unspecified atom stereocenters. The molecule has 3 atom stereocenters. The largest absolute Gasteiger partial charge is 0.445 e. The summed E-state index contributed by atoms with van der Waals surface area (Å²) in [6.07, 6.45) is 1.90. The lowest BCUT2D eigenvalue weighted by molar-refractivity contribution is 0.0206. The Morgan fingerprint density at radius 1 is 1.12 bits per heavy atom. The number of carbonyl (C=O) groups excluding carboxylic acids is 2. The van der Waals surface area contributed by atoms with Gasteiger partial charge >= 0.3 is 12.2 Å². The smallest absolute Gasteiger partial charge is 0.410 e. The van der Waals surface area contributed by atoms with Gasteiger partial charge in [-0.15, -0.1) is 0 Å². The summed E-state index contributed by atoms with van der Waals surface area (Å²) in [6, 6.07) is 15.5. The maximum atomic E-state index is 12.6. The van der Waals surface area contributed by atoms with E-state index in [4.69, 9.17) is 9.47 Å². The minimum atomic E-state index is -0.528. The SMILES string of the molecule is CC(C)(C)OC(=O)N1CCC2C(C1)C2(CNC(=O)OCc1ccccc1)c1ccccn1. The lowest BCUT2D eigenvalue weighted by atomic mass is 9.96. The molecule has 4 rings (SSSR count). The monoisotopic (exact) mass is 437 g/mol. The van der Waals surface area contributed by atoms with E-state index in [9.17, 15) is 9.59 Å². The van der Waals surface area contributed by atoms with Crippen molar-refractivity contribution >= 4 is 12.2 Å². The van der Waals surface area contributed by atoms with Crippen LogP contribution in [0.3, 0.4) is 0 Å². The third kappa shape index (κ3) is 4.71. The lowest BCUT2D eigenvalue weighted by Crippen LogP contribution is -2.41. The van der Waals surface area contributed by atoms with Gasteiger partial charge in [0.05, 0.1) is 0 Å². The van der Waals surface area contributed by atoms with E-state index in [0.717, 1.165) is 17.7 Å². The highest BCUT2D eigenvalue weighted by atomic mass is 16.6. The molecule has 0 radical (unpaired) electrons. The van der Waals surface area contributed by atoms with E-state index >= 15 is 0 Å². The number of benzene rings is 1. The molecule has 2 heterocycles. The second-order valence-electron chi connectivity index (χ2n) is 9.60. The number of likely N-dealkylation sites (tertiary alicyclic amines) is 1. The first kappa shape index (κ1) is 22.1. The van der Waals surface area contributed by atoms with Gasteiger partial charge in [-0.25, -0.2) is 9.59 Å². The van der Waals surface area contributed by atoms with Crippen LogP contribution in [-0.4, -0.2) is 47.3 Å². The van der Waals surface area contributed by atoms with Crippen LogP contribution in [0, 0.1) is 11.8 Å². The number of aromatic nitrogens is 1. The van der Waals surface area contributed by atoms with Gasteiger partial charge in [0, 0.05) is 36.9 Å². The quantitative estimate of drug-likeness (QED) is 0.761. The molecule has 7 heteroatoms. The van der Waals surface area contributed by atoms with Crippen molar-refractivity contribution in [1.82, 2.24) is 15.2 Å². The fourth-order valence-corrected chi connectivity index (χ4v) is 4.83. The van der Waals surface area contributed by atoms with Crippen LogP contribution < -0.4 is 5.32 Å². The summed E-state index contributed by atoms with van der Waals surface area (Å²) in [5.74, 6) is 0.568. The first-order valence-electron chi connectivity index (χ1n) is 11.1. The van der Waals surface area contributed by atoms with Crippen LogP contribution in [0.1, 0.15) is 38.4 Å². The predicted octanol–water partition coefficient (Wildman–Crippen LogP) is 4.13. The first-order valence-corrected chi connectivity index (χ1v) is 11.1. The number of hydrogen-bond acceptors (Lipinski definition) is 5. The minimum absolute atomic E-state index is 0.216. The fraction of sp³-hybridized carbons (Fsp3) is 0.480. The number of amides is 2. The molecule has 1 saturated heterocycles. The van der Waals surface area contributed by atoms with Gasteiger partial charge < -0.3 is 19.7 Å². The fourth-order valence-electron chi connectivity index (χ4n) is 4.83. The summed E-state index contributed by atoms with van der Waals surface area (Å²) in [5.41, 5.74) is 1.06. The van der Waals surface area contributed by atoms with Crippen molar-refractivity contribution < 1.29 is 19.1 Å². The predicted molar refractivity (Wildman–Crippen MR) is 120 cm³/mol. The summed E-state index contributed by atoms with van der Waals surface area (Å²) < 4.78 is 11.0. The Balaban J connectivity index is 1.42. The molecule has 32 heavy (non-hydrogen) atoms. The number of nitrogens with zero attached hydrogens (tertiary/aromatic N) is 2. The molecule has 0 spiro atoms. The first-order chi connectivity index (χ1) is 15.3. The number of alkyl carbamates (subject to hydrolysis) is 1. The standard InChI is InChI=1S/C25H31N3O4/c1-24(2,3)32-23(30)28-14-12-19-20(15-28)25(19,21-11-7-8-13-26-21)17-27-22(29)31-16-18-9-5-4-6-10-18/h4-11,13,19-20H,12,14-17H2,1-3H3,(H,27,29). The second kappa shape index (κ2) is 8.81. The molecule has 2 aromatic rings. The van der Waals surface area contributed by atoms with Crippen molar-refractivity contribution in [3.63, 3.8) is 0 Å². The normalized spacial score (nSPS) is 24.3. The van der Waals surface area contributed by atoms with Crippen LogP contribution in [0.4, 0.5) is 9.59 Å². The Morgan fingerprint density at radius 2 is 1.88 bits per heavy atom. The van der Waals surface area contributed by atoms with Gasteiger partial charge in [0.25, 0.3) is 0 Å². The van der Waals surface area contributed by atoms with E-state index in [1.54, 1.807) is 11.1 Å². The lowest BCUT2D eigenvalue weighted by Gasteiger charge is -2.29. The molecule has 1 aromatic carbocycles. The van der Waals surface area contributed by atoms with Gasteiger partial charge in [0.1, 0.15) is 12.2 Å². The molecule has 2 amide bonds. The van der Waals surface area contributed by atoms with Crippen molar-refractivity contribution in [2.24, 2.45) is 11.8 Å². The molecule has 2 aliphatic rings. The Morgan fingerprint density at radius 3 is 2.56 bits per heavy atom. The zero-order valence-corrected chi connectivity index (χ0v) is 18.9. The number of fused-ring (bicyclic) bond motifs is 1. The van der Waals surface area contributed by atoms with Crippen molar-refractivity contribution in [3.8, 4) is 0 Å². The Labute approximate surface area is 189 Å². The van der Waals surface area contributed by atoms with Gasteiger partial charge in [-0.2, -0.15) is 0 Å². The number of hydrogen-bond donors (Lipinski definition) is 1. The summed E-state index contributed by atoms with van der Waals surface area (Å²) in [6.45, 7) is 7.51. The van der Waals surface area contributed by atoms with Crippen LogP contribution in [0.5, 0.6) is 0 Å². The van der Waals surface area contributed by atoms with E-state index in [2.05, 4.69) is 10.3 Å². The molecule has 170 valence electrons. The second-order valence-corrected chi connectivity index (χ2v) is 9.60. The zero-order chi connectivity index (χ0) is 22.8. The Bertz CT molecular complexity index is 945.